The second kappa shape index (κ2) is 5.24. The smallest absolute Gasteiger partial charge is 0.272 e. The van der Waals surface area contributed by atoms with E-state index in [4.69, 9.17) is 5.73 Å². The molecule has 3 N–H and O–H groups in total. The maximum absolute atomic E-state index is 13.6. The van der Waals surface area contributed by atoms with E-state index in [0.717, 1.165) is 17.0 Å². The fourth-order valence-electron chi connectivity index (χ4n) is 3.01. The Kier molecular flexibility index (Phi) is 3.17. The quantitative estimate of drug-likeness (QED) is 0.591. The molecule has 0 spiro atoms. The Morgan fingerprint density at radius 3 is 2.88 bits per heavy atom. The molecule has 0 unspecified atom stereocenters. The van der Waals surface area contributed by atoms with Crippen molar-refractivity contribution in [3.8, 4) is 11.3 Å². The summed E-state index contributed by atoms with van der Waals surface area (Å²) in [5.41, 5.74) is 9.08. The number of halogens is 1. The largest absolute Gasteiger partial charge is 0.325 e. The van der Waals surface area contributed by atoms with Crippen molar-refractivity contribution in [3.05, 3.63) is 64.1 Å². The van der Waals surface area contributed by atoms with Crippen LogP contribution in [0.15, 0.2) is 41.3 Å². The number of nitrogens with zero attached hydrogens (tertiary/aromatic N) is 3. The third-order valence-corrected chi connectivity index (χ3v) is 4.09. The SMILES string of the molecule is Cc1nc2ccc(F)cn2c1-c1ccc2c(=O)[nH]nc(CN)c2c1. The van der Waals surface area contributed by atoms with Gasteiger partial charge in [0.05, 0.1) is 22.5 Å². The zero-order valence-corrected chi connectivity index (χ0v) is 12.9. The van der Waals surface area contributed by atoms with E-state index in [1.807, 2.05) is 19.1 Å². The molecule has 3 aromatic heterocycles. The van der Waals surface area contributed by atoms with Crippen LogP contribution in [-0.4, -0.2) is 19.6 Å². The van der Waals surface area contributed by atoms with Gasteiger partial charge in [0, 0.05) is 23.7 Å². The van der Waals surface area contributed by atoms with Crippen LogP contribution in [-0.2, 0) is 6.54 Å². The minimum Gasteiger partial charge on any atom is -0.325 e. The van der Waals surface area contributed by atoms with Crippen molar-refractivity contribution < 1.29 is 4.39 Å². The highest BCUT2D eigenvalue weighted by Gasteiger charge is 2.14. The zero-order chi connectivity index (χ0) is 16.8. The number of benzene rings is 1. The number of pyridine rings is 1. The molecular weight excluding hydrogens is 309 g/mol. The predicted molar refractivity (Wildman–Crippen MR) is 89.1 cm³/mol. The minimum atomic E-state index is -0.345. The summed E-state index contributed by atoms with van der Waals surface area (Å²) in [5.74, 6) is -0.345. The molecule has 24 heavy (non-hydrogen) atoms. The van der Waals surface area contributed by atoms with Gasteiger partial charge in [-0.3, -0.25) is 9.20 Å². The monoisotopic (exact) mass is 323 g/mol. The van der Waals surface area contributed by atoms with E-state index in [1.165, 1.54) is 12.3 Å². The molecular formula is C17H14FN5O. The molecule has 0 fully saturated rings. The molecule has 3 heterocycles. The topological polar surface area (TPSA) is 89.1 Å². The Balaban J connectivity index is 2.06. The normalized spacial score (nSPS) is 11.5. The molecule has 0 aliphatic heterocycles. The van der Waals surface area contributed by atoms with Gasteiger partial charge in [-0.1, -0.05) is 6.07 Å². The number of nitrogens with two attached hydrogens (primary N) is 1. The van der Waals surface area contributed by atoms with Crippen molar-refractivity contribution in [3.63, 3.8) is 0 Å². The number of imidazole rings is 1. The summed E-state index contributed by atoms with van der Waals surface area (Å²) in [4.78, 5) is 16.4. The van der Waals surface area contributed by atoms with Gasteiger partial charge in [0.2, 0.25) is 0 Å². The second-order valence-corrected chi connectivity index (χ2v) is 5.59. The van der Waals surface area contributed by atoms with E-state index in [2.05, 4.69) is 15.2 Å². The van der Waals surface area contributed by atoms with Crippen LogP contribution in [0.4, 0.5) is 4.39 Å². The third-order valence-electron chi connectivity index (χ3n) is 4.09. The molecule has 1 aromatic carbocycles. The zero-order valence-electron chi connectivity index (χ0n) is 12.9. The third kappa shape index (κ3) is 2.10. The van der Waals surface area contributed by atoms with Crippen LogP contribution < -0.4 is 11.3 Å². The van der Waals surface area contributed by atoms with Gasteiger partial charge in [-0.2, -0.15) is 5.10 Å². The number of fused-ring (bicyclic) bond motifs is 2. The molecule has 0 atom stereocenters. The van der Waals surface area contributed by atoms with Gasteiger partial charge >= 0.3 is 0 Å². The van der Waals surface area contributed by atoms with Crippen LogP contribution in [0, 0.1) is 12.7 Å². The van der Waals surface area contributed by atoms with E-state index in [9.17, 15) is 9.18 Å². The lowest BCUT2D eigenvalue weighted by Gasteiger charge is -2.07. The summed E-state index contributed by atoms with van der Waals surface area (Å²) in [7, 11) is 0. The van der Waals surface area contributed by atoms with Gasteiger partial charge in [0.1, 0.15) is 11.5 Å². The standard InChI is InChI=1S/C17H14FN5O/c1-9-16(23-8-11(18)3-5-15(23)20-9)10-2-4-12-13(6-10)14(7-19)21-22-17(12)24/h2-6,8H,7,19H2,1H3,(H,22,24). The lowest BCUT2D eigenvalue weighted by molar-refractivity contribution is 0.619. The molecule has 0 saturated heterocycles. The summed E-state index contributed by atoms with van der Waals surface area (Å²) < 4.78 is 15.3. The molecule has 7 heteroatoms. The van der Waals surface area contributed by atoms with Crippen LogP contribution in [0.25, 0.3) is 27.7 Å². The van der Waals surface area contributed by atoms with E-state index in [0.29, 0.717) is 22.1 Å². The number of nitrogens with one attached hydrogen (secondary N) is 1. The number of aromatic amines is 1. The van der Waals surface area contributed by atoms with Crippen molar-refractivity contribution >= 4 is 16.4 Å². The molecule has 4 aromatic rings. The van der Waals surface area contributed by atoms with E-state index < -0.39 is 0 Å². The Hall–Kier alpha value is -3.06. The van der Waals surface area contributed by atoms with E-state index >= 15 is 0 Å². The molecule has 0 saturated carbocycles. The molecule has 0 radical (unpaired) electrons. The first-order chi connectivity index (χ1) is 11.6. The Bertz CT molecular complexity index is 1150. The number of aromatic nitrogens is 4. The fourth-order valence-corrected chi connectivity index (χ4v) is 3.01. The lowest BCUT2D eigenvalue weighted by atomic mass is 10.0. The van der Waals surface area contributed by atoms with Crippen LogP contribution in [0.2, 0.25) is 0 Å². The van der Waals surface area contributed by atoms with Crippen molar-refractivity contribution in [2.45, 2.75) is 13.5 Å². The van der Waals surface area contributed by atoms with Crippen LogP contribution in [0.3, 0.4) is 0 Å². The van der Waals surface area contributed by atoms with Gasteiger partial charge in [0.15, 0.2) is 0 Å². The summed E-state index contributed by atoms with van der Waals surface area (Å²) in [5, 5.41) is 7.65. The Labute approximate surface area is 135 Å². The average Bonchev–Trinajstić information content (AvgIpc) is 2.90. The van der Waals surface area contributed by atoms with Gasteiger partial charge in [-0.15, -0.1) is 0 Å². The van der Waals surface area contributed by atoms with Crippen molar-refractivity contribution in [2.24, 2.45) is 5.73 Å². The second-order valence-electron chi connectivity index (χ2n) is 5.59. The number of hydrogen-bond donors (Lipinski definition) is 2. The van der Waals surface area contributed by atoms with Crippen molar-refractivity contribution in [2.75, 3.05) is 0 Å². The Morgan fingerprint density at radius 1 is 1.25 bits per heavy atom. The summed E-state index contributed by atoms with van der Waals surface area (Å²) in [6, 6.07) is 8.40. The first-order valence-electron chi connectivity index (χ1n) is 7.44. The van der Waals surface area contributed by atoms with E-state index in [-0.39, 0.29) is 17.9 Å². The number of aryl methyl sites for hydroxylation is 1. The predicted octanol–water partition coefficient (Wildman–Crippen LogP) is 2.14. The first kappa shape index (κ1) is 14.5. The highest BCUT2D eigenvalue weighted by Crippen LogP contribution is 2.28. The lowest BCUT2D eigenvalue weighted by Crippen LogP contribution is -2.13. The van der Waals surface area contributed by atoms with Crippen LogP contribution in [0.5, 0.6) is 0 Å². The molecule has 120 valence electrons. The van der Waals surface area contributed by atoms with E-state index in [1.54, 1.807) is 16.5 Å². The Morgan fingerprint density at radius 2 is 2.08 bits per heavy atom. The summed E-state index contributed by atoms with van der Waals surface area (Å²) in [6.07, 6.45) is 1.40. The molecule has 0 bridgehead atoms. The highest BCUT2D eigenvalue weighted by atomic mass is 19.1. The molecule has 4 rings (SSSR count). The fraction of sp³-hybridized carbons (Fsp3) is 0.118. The van der Waals surface area contributed by atoms with Crippen molar-refractivity contribution in [1.29, 1.82) is 0 Å². The average molecular weight is 323 g/mol. The highest BCUT2D eigenvalue weighted by molar-refractivity contribution is 5.88. The minimum absolute atomic E-state index is 0.206. The van der Waals surface area contributed by atoms with Gasteiger partial charge < -0.3 is 5.73 Å². The van der Waals surface area contributed by atoms with Gasteiger partial charge in [-0.05, 0) is 31.2 Å². The summed E-state index contributed by atoms with van der Waals surface area (Å²) >= 11 is 0. The van der Waals surface area contributed by atoms with Crippen LogP contribution in [0.1, 0.15) is 11.4 Å². The van der Waals surface area contributed by atoms with Gasteiger partial charge in [-0.25, -0.2) is 14.5 Å². The first-order valence-corrected chi connectivity index (χ1v) is 7.44. The molecule has 0 aliphatic rings. The molecule has 0 amide bonds. The van der Waals surface area contributed by atoms with Crippen molar-refractivity contribution in [1.82, 2.24) is 19.6 Å². The van der Waals surface area contributed by atoms with Gasteiger partial charge in [0.25, 0.3) is 5.56 Å². The maximum Gasteiger partial charge on any atom is 0.272 e. The molecule has 6 nitrogen and oxygen atoms in total. The summed E-state index contributed by atoms with van der Waals surface area (Å²) in [6.45, 7) is 2.07. The number of H-pyrrole nitrogens is 1. The molecule has 0 aliphatic carbocycles. The van der Waals surface area contributed by atoms with Crippen LogP contribution >= 0.6 is 0 Å². The maximum atomic E-state index is 13.6. The number of hydrogen-bond acceptors (Lipinski definition) is 4. The number of rotatable bonds is 2.